The molecule has 2 aromatic carbocycles. The van der Waals surface area contributed by atoms with E-state index in [2.05, 4.69) is 60.6 Å². The molecule has 5 rings (SSSR count). The number of carbonyl (C=O) groups excluding carboxylic acids is 2. The number of hydrogen-bond acceptors (Lipinski definition) is 6. The number of hydrogen-bond donors (Lipinski definition) is 2. The average Bonchev–Trinajstić information content (AvgIpc) is 3.56. The second kappa shape index (κ2) is 12.0. The molecule has 2 amide bonds. The largest absolute Gasteiger partial charge is 0.345 e. The predicted octanol–water partition coefficient (Wildman–Crippen LogP) is 6.93. The molecular formula is C32H39Cl2N7O2. The first-order chi connectivity index (χ1) is 20.3. The van der Waals surface area contributed by atoms with E-state index >= 15 is 0 Å². The highest BCUT2D eigenvalue weighted by Crippen LogP contribution is 2.50. The molecule has 0 unspecified atom stereocenters. The summed E-state index contributed by atoms with van der Waals surface area (Å²) in [7, 11) is 0. The van der Waals surface area contributed by atoms with Gasteiger partial charge >= 0.3 is 0 Å². The van der Waals surface area contributed by atoms with Gasteiger partial charge in [0, 0.05) is 21.2 Å². The molecule has 0 radical (unpaired) electrons. The van der Waals surface area contributed by atoms with Crippen LogP contribution in [0.1, 0.15) is 106 Å². The van der Waals surface area contributed by atoms with Crippen molar-refractivity contribution < 1.29 is 9.59 Å². The van der Waals surface area contributed by atoms with Crippen LogP contribution < -0.4 is 5.32 Å². The van der Waals surface area contributed by atoms with Crippen molar-refractivity contribution >= 4 is 40.7 Å². The first-order valence-corrected chi connectivity index (χ1v) is 15.5. The fraction of sp³-hybridized carbons (Fsp3) is 0.500. The number of nitrogens with one attached hydrogen (secondary N) is 2. The van der Waals surface area contributed by atoms with Crippen LogP contribution in [-0.4, -0.2) is 48.7 Å². The van der Waals surface area contributed by atoms with Crippen LogP contribution in [0, 0.1) is 10.8 Å². The molecule has 3 aromatic rings. The second-order valence-electron chi connectivity index (χ2n) is 13.7. The van der Waals surface area contributed by atoms with Gasteiger partial charge in [0.05, 0.1) is 12.6 Å². The molecular weight excluding hydrogens is 585 g/mol. The summed E-state index contributed by atoms with van der Waals surface area (Å²) in [6.07, 6.45) is 5.10. The van der Waals surface area contributed by atoms with Crippen LogP contribution in [0.4, 0.5) is 0 Å². The number of rotatable bonds is 8. The van der Waals surface area contributed by atoms with Gasteiger partial charge in [-0.2, -0.15) is 5.21 Å². The molecule has 1 spiro atoms. The van der Waals surface area contributed by atoms with Gasteiger partial charge < -0.3 is 10.2 Å². The summed E-state index contributed by atoms with van der Waals surface area (Å²) in [6.45, 7) is 11.4. The Balaban J connectivity index is 1.50. The number of halogens is 2. The lowest BCUT2D eigenvalue weighted by atomic mass is 9.72. The summed E-state index contributed by atoms with van der Waals surface area (Å²) >= 11 is 12.7. The molecule has 1 aliphatic heterocycles. The molecule has 9 nitrogen and oxygen atoms in total. The third-order valence-electron chi connectivity index (χ3n) is 8.56. The zero-order valence-corrected chi connectivity index (χ0v) is 26.9. The van der Waals surface area contributed by atoms with Crippen molar-refractivity contribution in [2.45, 2.75) is 91.4 Å². The van der Waals surface area contributed by atoms with E-state index in [1.807, 2.05) is 17.0 Å². The monoisotopic (exact) mass is 623 g/mol. The Bertz CT molecular complexity index is 1480. The number of nitrogens with zero attached hydrogens (tertiary/aromatic N) is 5. The molecule has 2 N–H and O–H groups in total. The number of tetrazole rings is 1. The lowest BCUT2D eigenvalue weighted by molar-refractivity contribution is -0.134. The maximum Gasteiger partial charge on any atom is 0.275 e. The van der Waals surface area contributed by atoms with E-state index < -0.39 is 5.66 Å². The van der Waals surface area contributed by atoms with Gasteiger partial charge in [-0.25, -0.2) is 0 Å². The Morgan fingerprint density at radius 2 is 1.70 bits per heavy atom. The summed E-state index contributed by atoms with van der Waals surface area (Å²) in [6, 6.07) is 12.5. The third-order valence-corrected chi connectivity index (χ3v) is 9.00. The fourth-order valence-corrected chi connectivity index (χ4v) is 6.52. The van der Waals surface area contributed by atoms with Gasteiger partial charge in [-0.3, -0.25) is 14.6 Å². The van der Waals surface area contributed by atoms with Crippen molar-refractivity contribution in [2.24, 2.45) is 15.8 Å². The van der Waals surface area contributed by atoms with E-state index in [9.17, 15) is 9.59 Å². The zero-order chi connectivity index (χ0) is 31.0. The standard InChI is InChI=1S/C32H39Cl2N7O2/c1-30(2,3)11-10-25(20-6-8-21(9-7-20)28(42)35-19-26-37-39-40-38-26)41-29(43)27(22-16-23(33)18-24(34)17-22)36-32(41)14-12-31(4,5)13-15-32/h6-9,16-18,25H,10-15,19H2,1-5H3,(H,35,42)(H,37,38,39,40)/t25-/m1/s1. The number of amides is 2. The Labute approximate surface area is 262 Å². The molecule has 43 heavy (non-hydrogen) atoms. The summed E-state index contributed by atoms with van der Waals surface area (Å²) in [5.41, 5.74) is 2.09. The van der Waals surface area contributed by atoms with Gasteiger partial charge in [-0.1, -0.05) is 75.2 Å². The fourth-order valence-electron chi connectivity index (χ4n) is 5.99. The average molecular weight is 625 g/mol. The van der Waals surface area contributed by atoms with Crippen LogP contribution in [0.25, 0.3) is 0 Å². The van der Waals surface area contributed by atoms with E-state index in [4.69, 9.17) is 28.2 Å². The predicted molar refractivity (Wildman–Crippen MR) is 168 cm³/mol. The quantitative estimate of drug-likeness (QED) is 0.282. The van der Waals surface area contributed by atoms with Gasteiger partial charge in [0.1, 0.15) is 11.4 Å². The maximum atomic E-state index is 14.5. The molecule has 228 valence electrons. The van der Waals surface area contributed by atoms with Crippen LogP contribution in [-0.2, 0) is 11.3 Å². The first kappa shape index (κ1) is 31.1. The van der Waals surface area contributed by atoms with Gasteiger partial charge in [-0.05, 0) is 85.3 Å². The van der Waals surface area contributed by atoms with Crippen molar-refractivity contribution in [3.63, 3.8) is 0 Å². The van der Waals surface area contributed by atoms with E-state index in [-0.39, 0.29) is 35.2 Å². The Morgan fingerprint density at radius 3 is 2.28 bits per heavy atom. The van der Waals surface area contributed by atoms with Gasteiger partial charge in [0.2, 0.25) is 0 Å². The molecule has 1 aromatic heterocycles. The molecule has 2 aliphatic rings. The van der Waals surface area contributed by atoms with Crippen molar-refractivity contribution in [1.29, 1.82) is 0 Å². The van der Waals surface area contributed by atoms with E-state index in [1.165, 1.54) is 0 Å². The van der Waals surface area contributed by atoms with Crippen LogP contribution >= 0.6 is 23.2 Å². The summed E-state index contributed by atoms with van der Waals surface area (Å²) in [5, 5.41) is 17.4. The molecule has 1 atom stereocenters. The van der Waals surface area contributed by atoms with Crippen LogP contribution in [0.2, 0.25) is 10.0 Å². The lowest BCUT2D eigenvalue weighted by Gasteiger charge is -2.47. The Kier molecular flexibility index (Phi) is 8.69. The Morgan fingerprint density at radius 1 is 1.05 bits per heavy atom. The molecule has 1 aliphatic carbocycles. The van der Waals surface area contributed by atoms with Gasteiger partial charge in [0.25, 0.3) is 11.8 Å². The minimum atomic E-state index is -0.667. The number of carbonyl (C=O) groups is 2. The van der Waals surface area contributed by atoms with Crippen molar-refractivity contribution in [3.05, 3.63) is 75.0 Å². The minimum absolute atomic E-state index is 0.0574. The van der Waals surface area contributed by atoms with Crippen molar-refractivity contribution in [3.8, 4) is 0 Å². The smallest absolute Gasteiger partial charge is 0.275 e. The van der Waals surface area contributed by atoms with Crippen LogP contribution in [0.5, 0.6) is 0 Å². The molecule has 1 fully saturated rings. The summed E-state index contributed by atoms with van der Waals surface area (Å²) < 4.78 is 0. The third kappa shape index (κ3) is 7.10. The van der Waals surface area contributed by atoms with E-state index in [0.29, 0.717) is 32.7 Å². The number of H-pyrrole nitrogens is 1. The second-order valence-corrected chi connectivity index (χ2v) is 14.6. The first-order valence-electron chi connectivity index (χ1n) is 14.8. The van der Waals surface area contributed by atoms with Gasteiger partial charge in [0.15, 0.2) is 5.82 Å². The summed E-state index contributed by atoms with van der Waals surface area (Å²) in [4.78, 5) is 34.6. The van der Waals surface area contributed by atoms with Crippen LogP contribution in [0.15, 0.2) is 47.5 Å². The lowest BCUT2D eigenvalue weighted by Crippen LogP contribution is -2.51. The van der Waals surface area contributed by atoms with Crippen molar-refractivity contribution in [1.82, 2.24) is 30.8 Å². The number of aromatic nitrogens is 4. The van der Waals surface area contributed by atoms with Crippen LogP contribution in [0.3, 0.4) is 0 Å². The number of benzene rings is 2. The zero-order valence-electron chi connectivity index (χ0n) is 25.4. The Hall–Kier alpha value is -3.30. The van der Waals surface area contributed by atoms with Crippen molar-refractivity contribution in [2.75, 3.05) is 0 Å². The molecule has 11 heteroatoms. The molecule has 1 saturated carbocycles. The highest BCUT2D eigenvalue weighted by Gasteiger charge is 2.53. The van der Waals surface area contributed by atoms with E-state index in [0.717, 1.165) is 44.1 Å². The van der Waals surface area contributed by atoms with Gasteiger partial charge in [-0.15, -0.1) is 10.2 Å². The summed E-state index contributed by atoms with van der Waals surface area (Å²) in [5.74, 6) is 0.0469. The highest BCUT2D eigenvalue weighted by atomic mass is 35.5. The minimum Gasteiger partial charge on any atom is -0.345 e. The van der Waals surface area contributed by atoms with E-state index in [1.54, 1.807) is 30.3 Å². The molecule has 0 bridgehead atoms. The normalized spacial score (nSPS) is 18.5. The molecule has 0 saturated heterocycles. The number of aromatic amines is 1. The SMILES string of the molecule is CC(C)(C)CC[C@H](c1ccc(C(=O)NCc2nn[nH]n2)cc1)N1C(=O)C(c2cc(Cl)cc(Cl)c2)=NC12CCC(C)(C)CC2. The molecule has 2 heterocycles. The topological polar surface area (TPSA) is 116 Å². The maximum absolute atomic E-state index is 14.5. The number of aliphatic imine (C=N–C) groups is 1. The highest BCUT2D eigenvalue weighted by molar-refractivity contribution is 6.47.